The van der Waals surface area contributed by atoms with Crippen LogP contribution in [0.3, 0.4) is 0 Å². The lowest BCUT2D eigenvalue weighted by Crippen LogP contribution is -2.48. The maximum absolute atomic E-state index is 14.5. The first-order valence-electron chi connectivity index (χ1n) is 9.80. The number of carbonyl (C=O) groups excluding carboxylic acids is 1. The summed E-state index contributed by atoms with van der Waals surface area (Å²) in [7, 11) is 0. The van der Waals surface area contributed by atoms with Crippen molar-refractivity contribution >= 4 is 17.9 Å². The van der Waals surface area contributed by atoms with Crippen molar-refractivity contribution in [3.8, 4) is 5.75 Å². The summed E-state index contributed by atoms with van der Waals surface area (Å²) >= 11 is 1.15. The minimum Gasteiger partial charge on any atom is -0.493 e. The van der Waals surface area contributed by atoms with Gasteiger partial charge in [0, 0.05) is 37.9 Å². The highest BCUT2D eigenvalue weighted by molar-refractivity contribution is 7.97. The van der Waals surface area contributed by atoms with Crippen molar-refractivity contribution in [3.63, 3.8) is 0 Å². The monoisotopic (exact) mass is 418 g/mol. The molecule has 1 saturated carbocycles. The second-order valence-electron chi connectivity index (χ2n) is 7.78. The summed E-state index contributed by atoms with van der Waals surface area (Å²) in [6.07, 6.45) is 3.80. The highest BCUT2D eigenvalue weighted by Crippen LogP contribution is 2.45. The molecule has 1 amide bonds. The first-order chi connectivity index (χ1) is 14.0. The highest BCUT2D eigenvalue weighted by atomic mass is 32.2. The maximum atomic E-state index is 14.5. The average molecular weight is 419 g/mol. The van der Waals surface area contributed by atoms with E-state index < -0.39 is 11.7 Å². The van der Waals surface area contributed by atoms with Gasteiger partial charge in [0.2, 0.25) is 0 Å². The molecule has 4 rings (SSSR count). The number of hydrogen-bond donors (Lipinski definition) is 1. The van der Waals surface area contributed by atoms with Crippen LogP contribution in [-0.2, 0) is 6.54 Å². The first kappa shape index (κ1) is 20.2. The van der Waals surface area contributed by atoms with Crippen LogP contribution in [0.4, 0.5) is 8.78 Å². The van der Waals surface area contributed by atoms with Crippen LogP contribution < -0.4 is 9.46 Å². The van der Waals surface area contributed by atoms with Crippen LogP contribution >= 0.6 is 11.9 Å². The molecule has 1 N–H and O–H groups in total. The van der Waals surface area contributed by atoms with Gasteiger partial charge in [0.05, 0.1) is 12.2 Å². The number of likely N-dealkylation sites (tertiary alicyclic amines) is 1. The van der Waals surface area contributed by atoms with Gasteiger partial charge in [-0.1, -0.05) is 24.1 Å². The summed E-state index contributed by atoms with van der Waals surface area (Å²) in [6.45, 7) is 2.96. The second-order valence-corrected chi connectivity index (χ2v) is 8.39. The average Bonchev–Trinajstić information content (AvgIpc) is 3.48. The van der Waals surface area contributed by atoms with Gasteiger partial charge in [-0.05, 0) is 48.1 Å². The summed E-state index contributed by atoms with van der Waals surface area (Å²) in [5.41, 5.74) is 1.95. The lowest BCUT2D eigenvalue weighted by Gasteiger charge is -2.39. The van der Waals surface area contributed by atoms with E-state index in [1.54, 1.807) is 24.5 Å². The van der Waals surface area contributed by atoms with Crippen LogP contribution in [0.15, 0.2) is 36.4 Å². The Morgan fingerprint density at radius 2 is 2.03 bits per heavy atom. The number of rotatable bonds is 8. The fourth-order valence-corrected chi connectivity index (χ4v) is 4.04. The number of amides is 1. The quantitative estimate of drug-likeness (QED) is 0.647. The van der Waals surface area contributed by atoms with E-state index in [0.717, 1.165) is 55.6 Å². The lowest BCUT2D eigenvalue weighted by atomic mass is 10.00. The van der Waals surface area contributed by atoms with Crippen LogP contribution in [0.25, 0.3) is 0 Å². The molecule has 1 aliphatic carbocycles. The van der Waals surface area contributed by atoms with Crippen LogP contribution in [0.2, 0.25) is 0 Å². The third-order valence-corrected chi connectivity index (χ3v) is 5.75. The molecule has 1 aliphatic heterocycles. The van der Waals surface area contributed by atoms with Gasteiger partial charge in [0.25, 0.3) is 5.91 Å². The zero-order chi connectivity index (χ0) is 20.4. The largest absolute Gasteiger partial charge is 0.493 e. The van der Waals surface area contributed by atoms with E-state index in [9.17, 15) is 13.6 Å². The zero-order valence-corrected chi connectivity index (χ0v) is 17.1. The Kier molecular flexibility index (Phi) is 6.06. The van der Waals surface area contributed by atoms with Crippen molar-refractivity contribution in [2.45, 2.75) is 25.3 Å². The maximum Gasteiger partial charge on any atom is 0.264 e. The molecule has 2 aromatic carbocycles. The summed E-state index contributed by atoms with van der Waals surface area (Å²) in [5, 5.41) is 0. The molecule has 0 atom stereocenters. The van der Waals surface area contributed by atoms with E-state index >= 15 is 0 Å². The van der Waals surface area contributed by atoms with Gasteiger partial charge in [-0.2, -0.15) is 0 Å². The Labute approximate surface area is 173 Å². The zero-order valence-electron chi connectivity index (χ0n) is 16.3. The van der Waals surface area contributed by atoms with Gasteiger partial charge < -0.3 is 4.74 Å². The van der Waals surface area contributed by atoms with Gasteiger partial charge in [0.1, 0.15) is 17.4 Å². The van der Waals surface area contributed by atoms with Gasteiger partial charge >= 0.3 is 0 Å². The molecule has 154 valence electrons. The minimum atomic E-state index is -0.558. The van der Waals surface area contributed by atoms with Crippen molar-refractivity contribution in [1.29, 1.82) is 0 Å². The van der Waals surface area contributed by atoms with Gasteiger partial charge in [0.15, 0.2) is 0 Å². The molecule has 0 radical (unpaired) electrons. The van der Waals surface area contributed by atoms with Crippen LogP contribution in [-0.4, -0.2) is 36.8 Å². The second kappa shape index (κ2) is 8.71. The molecule has 2 aromatic rings. The highest BCUT2D eigenvalue weighted by Gasteiger charge is 2.31. The van der Waals surface area contributed by atoms with E-state index in [4.69, 9.17) is 4.74 Å². The van der Waals surface area contributed by atoms with Gasteiger partial charge in [-0.25, -0.2) is 8.78 Å². The Balaban J connectivity index is 1.34. The van der Waals surface area contributed by atoms with E-state index in [2.05, 4.69) is 9.62 Å². The fraction of sp³-hybridized carbons (Fsp3) is 0.409. The van der Waals surface area contributed by atoms with Crippen molar-refractivity contribution in [3.05, 3.63) is 64.7 Å². The first-order valence-corrected chi connectivity index (χ1v) is 11.0. The number of nitrogens with zero attached hydrogens (tertiary/aromatic N) is 1. The van der Waals surface area contributed by atoms with Crippen molar-refractivity contribution < 1.29 is 18.3 Å². The molecule has 0 bridgehead atoms. The van der Waals surface area contributed by atoms with Gasteiger partial charge in [-0.3, -0.25) is 14.4 Å². The van der Waals surface area contributed by atoms with Crippen LogP contribution in [0.5, 0.6) is 5.75 Å². The molecule has 2 aliphatic rings. The molecule has 2 fully saturated rings. The number of carbonyl (C=O) groups is 1. The normalized spacial score (nSPS) is 17.1. The number of ether oxygens (including phenoxy) is 1. The summed E-state index contributed by atoms with van der Waals surface area (Å²) in [6, 6.07) is 9.65. The number of halogens is 2. The molecule has 7 heteroatoms. The summed E-state index contributed by atoms with van der Waals surface area (Å²) < 4.78 is 36.3. The van der Waals surface area contributed by atoms with Crippen molar-refractivity contribution in [2.24, 2.45) is 5.92 Å². The van der Waals surface area contributed by atoms with Gasteiger partial charge in [-0.15, -0.1) is 0 Å². The molecule has 0 unspecified atom stereocenters. The topological polar surface area (TPSA) is 41.6 Å². The number of benzene rings is 2. The molecular formula is C22H24F2N2O2S. The van der Waals surface area contributed by atoms with E-state index in [1.807, 2.05) is 6.07 Å². The third-order valence-electron chi connectivity index (χ3n) is 5.36. The fourth-order valence-electron chi connectivity index (χ4n) is 3.74. The molecule has 0 spiro atoms. The van der Waals surface area contributed by atoms with Crippen molar-refractivity contribution in [1.82, 2.24) is 9.62 Å². The standard InChI is InChI=1S/C22H24F2N2O2S/c1-29-25-22(27)19-8-18(16-5-6-16)21(9-20(19)24)28-13-15-11-26(12-15)10-14-3-2-4-17(23)7-14/h2-4,7-9,15-16H,5-6,10-13H2,1H3,(H,25,27). The number of hydrogen-bond acceptors (Lipinski definition) is 4. The van der Waals surface area contributed by atoms with Crippen LogP contribution in [0, 0.1) is 17.6 Å². The van der Waals surface area contributed by atoms with E-state index in [-0.39, 0.29) is 11.4 Å². The third kappa shape index (κ3) is 4.90. The predicted octanol–water partition coefficient (Wildman–Crippen LogP) is 4.36. The smallest absolute Gasteiger partial charge is 0.264 e. The molecular weight excluding hydrogens is 394 g/mol. The SMILES string of the molecule is CSNC(=O)c1cc(C2CC2)c(OCC2CN(Cc3cccc(F)c3)C2)cc1F. The molecule has 1 saturated heterocycles. The lowest BCUT2D eigenvalue weighted by molar-refractivity contribution is 0.0553. The predicted molar refractivity (Wildman–Crippen MR) is 110 cm³/mol. The van der Waals surface area contributed by atoms with E-state index in [1.165, 1.54) is 12.1 Å². The minimum absolute atomic E-state index is 0.0681. The molecule has 4 nitrogen and oxygen atoms in total. The molecule has 1 heterocycles. The van der Waals surface area contributed by atoms with Crippen molar-refractivity contribution in [2.75, 3.05) is 26.0 Å². The Morgan fingerprint density at radius 3 is 2.72 bits per heavy atom. The van der Waals surface area contributed by atoms with Crippen LogP contribution in [0.1, 0.15) is 40.2 Å². The summed E-state index contributed by atoms with van der Waals surface area (Å²) in [4.78, 5) is 14.3. The summed E-state index contributed by atoms with van der Waals surface area (Å²) in [5.74, 6) is 0.0599. The Hall–Kier alpha value is -2.12. The number of nitrogens with one attached hydrogen (secondary N) is 1. The molecule has 0 aromatic heterocycles. The Bertz CT molecular complexity index is 898. The van der Waals surface area contributed by atoms with E-state index in [0.29, 0.717) is 24.2 Å². The Morgan fingerprint density at radius 1 is 1.24 bits per heavy atom. The molecule has 29 heavy (non-hydrogen) atoms.